The second-order valence-electron chi connectivity index (χ2n) is 5.70. The van der Waals surface area contributed by atoms with Crippen LogP contribution in [0.3, 0.4) is 0 Å². The van der Waals surface area contributed by atoms with E-state index in [1.165, 1.54) is 11.1 Å². The predicted molar refractivity (Wildman–Crippen MR) is 90.3 cm³/mol. The number of hydrogen-bond acceptors (Lipinski definition) is 5. The topological polar surface area (TPSA) is 77.2 Å². The van der Waals surface area contributed by atoms with Crippen molar-refractivity contribution in [1.29, 1.82) is 0 Å². The van der Waals surface area contributed by atoms with Crippen molar-refractivity contribution in [2.45, 2.75) is 32.2 Å². The Balaban J connectivity index is 1.74. The molecule has 0 saturated heterocycles. The van der Waals surface area contributed by atoms with Crippen LogP contribution >= 0.6 is 0 Å². The number of nitrogens with one attached hydrogen (secondary N) is 1. The molecule has 120 valence electrons. The maximum atomic E-state index is 11.6. The second kappa shape index (κ2) is 6.69. The summed E-state index contributed by atoms with van der Waals surface area (Å²) in [4.78, 5) is 16.0. The van der Waals surface area contributed by atoms with Gasteiger partial charge in [0.2, 0.25) is 0 Å². The monoisotopic (exact) mass is 311 g/mol. The molecule has 1 aromatic carbocycles. The lowest BCUT2D eigenvalue weighted by molar-refractivity contribution is 0.0526. The molecule has 1 unspecified atom stereocenters. The van der Waals surface area contributed by atoms with Crippen LogP contribution in [-0.4, -0.2) is 17.6 Å². The number of fused-ring (bicyclic) bond motifs is 1. The van der Waals surface area contributed by atoms with Gasteiger partial charge in [-0.05, 0) is 61.6 Å². The van der Waals surface area contributed by atoms with Gasteiger partial charge in [0.05, 0.1) is 18.2 Å². The van der Waals surface area contributed by atoms with Crippen molar-refractivity contribution in [3.8, 4) is 0 Å². The van der Waals surface area contributed by atoms with Gasteiger partial charge < -0.3 is 15.8 Å². The van der Waals surface area contributed by atoms with E-state index in [9.17, 15) is 4.79 Å². The summed E-state index contributed by atoms with van der Waals surface area (Å²) >= 11 is 0. The molecule has 1 aliphatic rings. The van der Waals surface area contributed by atoms with Crippen molar-refractivity contribution >= 4 is 17.5 Å². The van der Waals surface area contributed by atoms with Crippen LogP contribution < -0.4 is 11.1 Å². The van der Waals surface area contributed by atoms with Gasteiger partial charge in [0.15, 0.2) is 0 Å². The molecule has 2 aromatic rings. The minimum Gasteiger partial charge on any atom is -0.462 e. The van der Waals surface area contributed by atoms with Crippen LogP contribution in [0.15, 0.2) is 36.5 Å². The minimum absolute atomic E-state index is 0.222. The SMILES string of the molecule is CCOC(=O)c1ccc(NC2CCCc3cc(N)ccc32)nc1. The standard InChI is InChI=1S/C18H21N3O2/c1-2-23-18(22)13-6-9-17(20-11-13)21-16-5-3-4-12-10-14(19)7-8-15(12)16/h6-11,16H,2-5,19H2,1H3,(H,20,21). The van der Waals surface area contributed by atoms with E-state index in [0.717, 1.165) is 30.8 Å². The van der Waals surface area contributed by atoms with Gasteiger partial charge in [-0.2, -0.15) is 0 Å². The number of nitrogen functional groups attached to an aromatic ring is 1. The highest BCUT2D eigenvalue weighted by Crippen LogP contribution is 2.33. The molecule has 1 aliphatic carbocycles. The molecule has 0 saturated carbocycles. The van der Waals surface area contributed by atoms with Crippen LogP contribution in [0, 0.1) is 0 Å². The normalized spacial score (nSPS) is 16.5. The number of pyridine rings is 1. The van der Waals surface area contributed by atoms with Crippen LogP contribution in [0.4, 0.5) is 11.5 Å². The van der Waals surface area contributed by atoms with E-state index in [0.29, 0.717) is 12.2 Å². The molecule has 0 fully saturated rings. The minimum atomic E-state index is -0.343. The van der Waals surface area contributed by atoms with Gasteiger partial charge in [-0.3, -0.25) is 0 Å². The first-order valence-corrected chi connectivity index (χ1v) is 7.95. The molecule has 1 atom stereocenters. The van der Waals surface area contributed by atoms with Crippen molar-refractivity contribution in [3.05, 3.63) is 53.2 Å². The number of ether oxygens (including phenoxy) is 1. The number of nitrogens with zero attached hydrogens (tertiary/aromatic N) is 1. The Morgan fingerprint density at radius 3 is 3.00 bits per heavy atom. The molecule has 5 nitrogen and oxygen atoms in total. The highest BCUT2D eigenvalue weighted by Gasteiger charge is 2.20. The van der Waals surface area contributed by atoms with Crippen molar-refractivity contribution in [1.82, 2.24) is 4.98 Å². The summed E-state index contributed by atoms with van der Waals surface area (Å²) < 4.78 is 4.96. The van der Waals surface area contributed by atoms with Gasteiger partial charge in [-0.15, -0.1) is 0 Å². The molecular formula is C18H21N3O2. The Labute approximate surface area is 135 Å². The molecule has 0 radical (unpaired) electrons. The molecule has 3 rings (SSSR count). The number of nitrogens with two attached hydrogens (primary N) is 1. The summed E-state index contributed by atoms with van der Waals surface area (Å²) in [5.41, 5.74) is 9.73. The number of benzene rings is 1. The predicted octanol–water partition coefficient (Wildman–Crippen LogP) is 3.33. The quantitative estimate of drug-likeness (QED) is 0.669. The van der Waals surface area contributed by atoms with Crippen LogP contribution in [0.2, 0.25) is 0 Å². The third-order valence-corrected chi connectivity index (χ3v) is 4.08. The number of carbonyl (C=O) groups excluding carboxylic acids is 1. The molecule has 0 bridgehead atoms. The first kappa shape index (κ1) is 15.3. The number of rotatable bonds is 4. The van der Waals surface area contributed by atoms with E-state index in [-0.39, 0.29) is 12.0 Å². The summed E-state index contributed by atoms with van der Waals surface area (Å²) in [6.07, 6.45) is 4.79. The second-order valence-corrected chi connectivity index (χ2v) is 5.70. The van der Waals surface area contributed by atoms with E-state index >= 15 is 0 Å². The lowest BCUT2D eigenvalue weighted by Gasteiger charge is -2.27. The van der Waals surface area contributed by atoms with Crippen molar-refractivity contribution in [2.24, 2.45) is 0 Å². The zero-order valence-electron chi connectivity index (χ0n) is 13.2. The first-order valence-electron chi connectivity index (χ1n) is 7.95. The lowest BCUT2D eigenvalue weighted by Crippen LogP contribution is -2.18. The molecule has 5 heteroatoms. The van der Waals surface area contributed by atoms with Gasteiger partial charge in [-0.25, -0.2) is 9.78 Å². The summed E-state index contributed by atoms with van der Waals surface area (Å²) in [5, 5.41) is 3.45. The van der Waals surface area contributed by atoms with Crippen molar-refractivity contribution in [3.63, 3.8) is 0 Å². The van der Waals surface area contributed by atoms with E-state index < -0.39 is 0 Å². The number of aryl methyl sites for hydroxylation is 1. The first-order chi connectivity index (χ1) is 11.2. The highest BCUT2D eigenvalue weighted by molar-refractivity contribution is 5.89. The van der Waals surface area contributed by atoms with E-state index in [1.54, 1.807) is 19.2 Å². The van der Waals surface area contributed by atoms with Gasteiger partial charge in [0.1, 0.15) is 5.82 Å². The molecule has 1 aromatic heterocycles. The van der Waals surface area contributed by atoms with Crippen LogP contribution in [0.25, 0.3) is 0 Å². The smallest absolute Gasteiger partial charge is 0.339 e. The Hall–Kier alpha value is -2.56. The third-order valence-electron chi connectivity index (χ3n) is 4.08. The largest absolute Gasteiger partial charge is 0.462 e. The lowest BCUT2D eigenvalue weighted by atomic mass is 9.87. The van der Waals surface area contributed by atoms with E-state index in [4.69, 9.17) is 10.5 Å². The van der Waals surface area contributed by atoms with Crippen molar-refractivity contribution in [2.75, 3.05) is 17.7 Å². The fraction of sp³-hybridized carbons (Fsp3) is 0.333. The zero-order chi connectivity index (χ0) is 16.2. The Morgan fingerprint density at radius 2 is 2.26 bits per heavy atom. The maximum Gasteiger partial charge on any atom is 0.339 e. The number of aromatic nitrogens is 1. The Bertz CT molecular complexity index is 698. The van der Waals surface area contributed by atoms with Gasteiger partial charge >= 0.3 is 5.97 Å². The summed E-state index contributed by atoms with van der Waals surface area (Å²) in [7, 11) is 0. The number of esters is 1. The summed E-state index contributed by atoms with van der Waals surface area (Å²) in [6.45, 7) is 2.15. The average molecular weight is 311 g/mol. The fourth-order valence-electron chi connectivity index (χ4n) is 2.98. The van der Waals surface area contributed by atoms with Crippen LogP contribution in [0.5, 0.6) is 0 Å². The number of hydrogen-bond donors (Lipinski definition) is 2. The Morgan fingerprint density at radius 1 is 1.39 bits per heavy atom. The third kappa shape index (κ3) is 3.44. The van der Waals surface area contributed by atoms with Gasteiger partial charge in [0, 0.05) is 11.9 Å². The van der Waals surface area contributed by atoms with E-state index in [1.807, 2.05) is 12.1 Å². The van der Waals surface area contributed by atoms with Crippen molar-refractivity contribution < 1.29 is 9.53 Å². The van der Waals surface area contributed by atoms with E-state index in [2.05, 4.69) is 22.4 Å². The summed E-state index contributed by atoms with van der Waals surface area (Å²) in [5.74, 6) is 0.415. The highest BCUT2D eigenvalue weighted by atomic mass is 16.5. The van der Waals surface area contributed by atoms with Crippen LogP contribution in [0.1, 0.15) is 47.3 Å². The maximum absolute atomic E-state index is 11.6. The van der Waals surface area contributed by atoms with Crippen LogP contribution in [-0.2, 0) is 11.2 Å². The average Bonchev–Trinajstić information content (AvgIpc) is 2.55. The number of carbonyl (C=O) groups is 1. The molecule has 3 N–H and O–H groups in total. The fourth-order valence-corrected chi connectivity index (χ4v) is 2.98. The Kier molecular flexibility index (Phi) is 4.46. The number of anilines is 2. The zero-order valence-corrected chi connectivity index (χ0v) is 13.2. The van der Waals surface area contributed by atoms with Gasteiger partial charge in [0.25, 0.3) is 0 Å². The molecule has 0 spiro atoms. The molecule has 0 aliphatic heterocycles. The molecule has 1 heterocycles. The summed E-state index contributed by atoms with van der Waals surface area (Å²) in [6, 6.07) is 9.86. The molecular weight excluding hydrogens is 290 g/mol. The molecule has 23 heavy (non-hydrogen) atoms. The van der Waals surface area contributed by atoms with Gasteiger partial charge in [-0.1, -0.05) is 6.07 Å². The molecule has 0 amide bonds.